The lowest BCUT2D eigenvalue weighted by molar-refractivity contribution is 0.0697. The average Bonchev–Trinajstić information content (AvgIpc) is 2.82. The Balaban J connectivity index is 1.85. The van der Waals surface area contributed by atoms with Crippen molar-refractivity contribution in [2.24, 2.45) is 5.92 Å². The molecule has 5 nitrogen and oxygen atoms in total. The summed E-state index contributed by atoms with van der Waals surface area (Å²) in [5.41, 5.74) is 2.32. The number of fused-ring (bicyclic) bond motifs is 1. The number of amides is 1. The summed E-state index contributed by atoms with van der Waals surface area (Å²) < 4.78 is 25.4. The maximum atomic E-state index is 12.7. The zero-order valence-corrected chi connectivity index (χ0v) is 14.8. The predicted octanol–water partition coefficient (Wildman–Crippen LogP) is 2.27. The normalized spacial score (nSPS) is 22.3. The van der Waals surface area contributed by atoms with Crippen LogP contribution in [0.2, 0.25) is 0 Å². The molecule has 0 spiro atoms. The van der Waals surface area contributed by atoms with E-state index in [0.717, 1.165) is 31.5 Å². The van der Waals surface area contributed by atoms with Gasteiger partial charge in [0.2, 0.25) is 10.0 Å². The molecule has 1 fully saturated rings. The molecule has 0 unspecified atom stereocenters. The van der Waals surface area contributed by atoms with E-state index < -0.39 is 10.0 Å². The zero-order valence-electron chi connectivity index (χ0n) is 13.9. The van der Waals surface area contributed by atoms with E-state index in [1.807, 2.05) is 17.9 Å². The minimum atomic E-state index is -3.29. The standard InChI is InChI=1S/C17H24N2O3S/c1-12-6-8-18(9-7-12)17(20)14-4-5-16-15(11-14)10-13(2)19(16)23(3,21)22/h4-5,11-13H,6-10H2,1-3H3/t13-/m0/s1. The van der Waals surface area contributed by atoms with Gasteiger partial charge in [-0.25, -0.2) is 8.42 Å². The van der Waals surface area contributed by atoms with E-state index in [1.54, 1.807) is 12.1 Å². The molecule has 0 N–H and O–H groups in total. The molecular weight excluding hydrogens is 312 g/mol. The number of carbonyl (C=O) groups excluding carboxylic acids is 1. The molecule has 0 saturated carbocycles. The van der Waals surface area contributed by atoms with Gasteiger partial charge in [-0.1, -0.05) is 6.92 Å². The Morgan fingerprint density at radius 1 is 1.17 bits per heavy atom. The van der Waals surface area contributed by atoms with Crippen LogP contribution in [0.1, 0.15) is 42.6 Å². The van der Waals surface area contributed by atoms with Crippen LogP contribution in [0.5, 0.6) is 0 Å². The number of sulfonamides is 1. The molecule has 1 saturated heterocycles. The summed E-state index contributed by atoms with van der Waals surface area (Å²) in [6.07, 6.45) is 3.98. The van der Waals surface area contributed by atoms with Crippen molar-refractivity contribution in [3.05, 3.63) is 29.3 Å². The number of nitrogens with zero attached hydrogens (tertiary/aromatic N) is 2. The van der Waals surface area contributed by atoms with Crippen LogP contribution in [-0.2, 0) is 16.4 Å². The summed E-state index contributed by atoms with van der Waals surface area (Å²) in [6, 6.07) is 5.31. The summed E-state index contributed by atoms with van der Waals surface area (Å²) in [5, 5.41) is 0. The fourth-order valence-corrected chi connectivity index (χ4v) is 4.90. The summed E-state index contributed by atoms with van der Waals surface area (Å²) in [5.74, 6) is 0.744. The van der Waals surface area contributed by atoms with Crippen molar-refractivity contribution in [1.29, 1.82) is 0 Å². The van der Waals surface area contributed by atoms with Crippen LogP contribution < -0.4 is 4.31 Å². The monoisotopic (exact) mass is 336 g/mol. The maximum absolute atomic E-state index is 12.7. The van der Waals surface area contributed by atoms with Gasteiger partial charge < -0.3 is 4.90 Å². The molecule has 0 aromatic heterocycles. The molecule has 126 valence electrons. The first-order valence-electron chi connectivity index (χ1n) is 8.19. The molecule has 1 aromatic rings. The minimum absolute atomic E-state index is 0.0603. The number of carbonyl (C=O) groups is 1. The second kappa shape index (κ2) is 5.82. The van der Waals surface area contributed by atoms with E-state index >= 15 is 0 Å². The summed E-state index contributed by atoms with van der Waals surface area (Å²) in [4.78, 5) is 14.6. The Morgan fingerprint density at radius 3 is 2.43 bits per heavy atom. The fraction of sp³-hybridized carbons (Fsp3) is 0.588. The van der Waals surface area contributed by atoms with E-state index in [1.165, 1.54) is 10.6 Å². The molecule has 1 atom stereocenters. The SMILES string of the molecule is CC1CCN(C(=O)c2ccc3c(c2)C[C@H](C)N3S(C)(=O)=O)CC1. The van der Waals surface area contributed by atoms with Crippen LogP contribution in [0.15, 0.2) is 18.2 Å². The van der Waals surface area contributed by atoms with Crippen LogP contribution in [0.4, 0.5) is 5.69 Å². The minimum Gasteiger partial charge on any atom is -0.339 e. The van der Waals surface area contributed by atoms with Crippen molar-refractivity contribution >= 4 is 21.6 Å². The number of hydrogen-bond acceptors (Lipinski definition) is 3. The van der Waals surface area contributed by atoms with Crippen molar-refractivity contribution in [2.75, 3.05) is 23.7 Å². The first-order valence-corrected chi connectivity index (χ1v) is 10.0. The summed E-state index contributed by atoms with van der Waals surface area (Å²) in [6.45, 7) is 5.73. The lowest BCUT2D eigenvalue weighted by atomic mass is 9.98. The first kappa shape index (κ1) is 16.3. The van der Waals surface area contributed by atoms with Crippen LogP contribution in [0, 0.1) is 5.92 Å². The predicted molar refractivity (Wildman–Crippen MR) is 91.2 cm³/mol. The van der Waals surface area contributed by atoms with Gasteiger partial charge in [0.05, 0.1) is 11.9 Å². The van der Waals surface area contributed by atoms with Crippen molar-refractivity contribution < 1.29 is 13.2 Å². The van der Waals surface area contributed by atoms with Gasteiger partial charge in [0.15, 0.2) is 0 Å². The molecule has 3 rings (SSSR count). The van der Waals surface area contributed by atoms with E-state index in [9.17, 15) is 13.2 Å². The molecule has 0 bridgehead atoms. The van der Waals surface area contributed by atoms with E-state index in [2.05, 4.69) is 6.92 Å². The Morgan fingerprint density at radius 2 is 1.83 bits per heavy atom. The summed E-state index contributed by atoms with van der Waals surface area (Å²) >= 11 is 0. The molecule has 23 heavy (non-hydrogen) atoms. The van der Waals surface area contributed by atoms with Crippen LogP contribution >= 0.6 is 0 Å². The number of anilines is 1. The summed E-state index contributed by atoms with van der Waals surface area (Å²) in [7, 11) is -3.29. The fourth-order valence-electron chi connectivity index (χ4n) is 3.64. The molecule has 2 aliphatic rings. The zero-order chi connectivity index (χ0) is 16.8. The Kier molecular flexibility index (Phi) is 4.12. The molecule has 0 aliphatic carbocycles. The third-order valence-electron chi connectivity index (χ3n) is 4.91. The molecule has 6 heteroatoms. The number of hydrogen-bond donors (Lipinski definition) is 0. The van der Waals surface area contributed by atoms with Crippen molar-refractivity contribution in [1.82, 2.24) is 4.90 Å². The Bertz CT molecular complexity index is 721. The van der Waals surface area contributed by atoms with Gasteiger partial charge in [-0.3, -0.25) is 9.10 Å². The number of likely N-dealkylation sites (tertiary alicyclic amines) is 1. The number of rotatable bonds is 2. The van der Waals surface area contributed by atoms with Gasteiger partial charge in [0.1, 0.15) is 0 Å². The molecule has 0 radical (unpaired) electrons. The Labute approximate surface area is 138 Å². The molecule has 2 heterocycles. The highest BCUT2D eigenvalue weighted by Gasteiger charge is 2.33. The van der Waals surface area contributed by atoms with Gasteiger partial charge in [-0.2, -0.15) is 0 Å². The van der Waals surface area contributed by atoms with Crippen molar-refractivity contribution in [2.45, 2.75) is 39.2 Å². The lowest BCUT2D eigenvalue weighted by Crippen LogP contribution is -2.37. The van der Waals surface area contributed by atoms with E-state index in [4.69, 9.17) is 0 Å². The largest absolute Gasteiger partial charge is 0.339 e. The molecule has 1 aromatic carbocycles. The molecule has 1 amide bonds. The van der Waals surface area contributed by atoms with Crippen molar-refractivity contribution in [3.63, 3.8) is 0 Å². The smallest absolute Gasteiger partial charge is 0.253 e. The van der Waals surface area contributed by atoms with Crippen LogP contribution in [0.25, 0.3) is 0 Å². The second-order valence-corrected chi connectivity index (χ2v) is 8.79. The Hall–Kier alpha value is -1.56. The van der Waals surface area contributed by atoms with E-state index in [0.29, 0.717) is 23.6 Å². The third kappa shape index (κ3) is 3.09. The van der Waals surface area contributed by atoms with Gasteiger partial charge in [0.25, 0.3) is 5.91 Å². The second-order valence-electron chi connectivity index (χ2n) is 6.93. The topological polar surface area (TPSA) is 57.7 Å². The quantitative estimate of drug-likeness (QED) is 0.832. The third-order valence-corrected chi connectivity index (χ3v) is 6.18. The number of piperidine rings is 1. The molecular formula is C17H24N2O3S. The van der Waals surface area contributed by atoms with Crippen LogP contribution in [0.3, 0.4) is 0 Å². The highest BCUT2D eigenvalue weighted by atomic mass is 32.2. The molecule has 2 aliphatic heterocycles. The lowest BCUT2D eigenvalue weighted by Gasteiger charge is -2.30. The highest BCUT2D eigenvalue weighted by molar-refractivity contribution is 7.92. The van der Waals surface area contributed by atoms with Gasteiger partial charge >= 0.3 is 0 Å². The van der Waals surface area contributed by atoms with Gasteiger partial charge in [-0.05, 0) is 55.9 Å². The van der Waals surface area contributed by atoms with E-state index in [-0.39, 0.29) is 11.9 Å². The highest BCUT2D eigenvalue weighted by Crippen LogP contribution is 2.35. The van der Waals surface area contributed by atoms with Gasteiger partial charge in [0, 0.05) is 24.7 Å². The number of benzene rings is 1. The first-order chi connectivity index (χ1) is 10.8. The van der Waals surface area contributed by atoms with Gasteiger partial charge in [-0.15, -0.1) is 0 Å². The van der Waals surface area contributed by atoms with Crippen LogP contribution in [-0.4, -0.2) is 44.6 Å². The average molecular weight is 336 g/mol. The maximum Gasteiger partial charge on any atom is 0.253 e. The van der Waals surface area contributed by atoms with Crippen molar-refractivity contribution in [3.8, 4) is 0 Å².